The minimum atomic E-state index is -0.580. The molecule has 2 aromatic rings. The molecule has 0 bridgehead atoms. The molecule has 8 nitrogen and oxygen atoms in total. The summed E-state index contributed by atoms with van der Waals surface area (Å²) in [5, 5.41) is 13.4. The van der Waals surface area contributed by atoms with Gasteiger partial charge in [0.15, 0.2) is 0 Å². The third-order valence-corrected chi connectivity index (χ3v) is 6.50. The van der Waals surface area contributed by atoms with Crippen LogP contribution in [0.3, 0.4) is 0 Å². The van der Waals surface area contributed by atoms with Gasteiger partial charge < -0.3 is 19.2 Å². The van der Waals surface area contributed by atoms with Crippen molar-refractivity contribution in [2.45, 2.75) is 58.4 Å². The highest BCUT2D eigenvalue weighted by Crippen LogP contribution is 2.29. The first-order valence-electron chi connectivity index (χ1n) is 11.9. The fourth-order valence-corrected chi connectivity index (χ4v) is 4.52. The molecule has 3 N–H and O–H groups in total. The molecule has 1 aliphatic rings. The lowest BCUT2D eigenvalue weighted by molar-refractivity contribution is -0.135. The zero-order chi connectivity index (χ0) is 23.6. The summed E-state index contributed by atoms with van der Waals surface area (Å²) in [6.45, 7) is 4.96. The molecule has 3 rings (SSSR count). The van der Waals surface area contributed by atoms with Crippen molar-refractivity contribution < 1.29 is 28.7 Å². The molecule has 182 valence electrons. The summed E-state index contributed by atoms with van der Waals surface area (Å²) in [6, 6.07) is 7.23. The van der Waals surface area contributed by atoms with Gasteiger partial charge in [-0.2, -0.15) is 0 Å². The van der Waals surface area contributed by atoms with Crippen LogP contribution in [-0.2, 0) is 25.5 Å². The predicted octanol–water partition coefficient (Wildman–Crippen LogP) is 3.81. The van der Waals surface area contributed by atoms with E-state index < -0.39 is 17.9 Å². The largest absolute Gasteiger partial charge is 0.464 e. The standard InChI is InChI=1S/C25H36N2O6/c1-3-31-16-32-15-21(26-24(28)18-10-8-17(2)9-11-18)13-19(25(29)27-30)12-20-14-33-23-7-5-4-6-22(20)23/h4-7,14,17-19,21,30H,3,8-13,15-16H2,1-2H3,(H,26,28)(H,27,29). The number of hydroxylamine groups is 1. The van der Waals surface area contributed by atoms with Gasteiger partial charge in [-0.15, -0.1) is 0 Å². The van der Waals surface area contributed by atoms with Gasteiger partial charge >= 0.3 is 0 Å². The Morgan fingerprint density at radius 2 is 1.94 bits per heavy atom. The van der Waals surface area contributed by atoms with Gasteiger partial charge in [0.05, 0.1) is 18.9 Å². The highest BCUT2D eigenvalue weighted by molar-refractivity contribution is 5.83. The fourth-order valence-electron chi connectivity index (χ4n) is 4.52. The minimum absolute atomic E-state index is 0.00354. The normalized spacial score (nSPS) is 20.3. The lowest BCUT2D eigenvalue weighted by Crippen LogP contribution is -2.45. The Kier molecular flexibility index (Phi) is 9.72. The summed E-state index contributed by atoms with van der Waals surface area (Å²) in [5.74, 6) is -0.441. The highest BCUT2D eigenvalue weighted by Gasteiger charge is 2.29. The first-order chi connectivity index (χ1) is 16.0. The van der Waals surface area contributed by atoms with E-state index in [4.69, 9.17) is 13.9 Å². The maximum absolute atomic E-state index is 13.0. The van der Waals surface area contributed by atoms with Crippen LogP contribution in [0.1, 0.15) is 51.5 Å². The summed E-state index contributed by atoms with van der Waals surface area (Å²) in [4.78, 5) is 25.5. The number of para-hydroxylation sites is 1. The quantitative estimate of drug-likeness (QED) is 0.192. The summed E-state index contributed by atoms with van der Waals surface area (Å²) in [7, 11) is 0. The molecule has 1 heterocycles. The van der Waals surface area contributed by atoms with Gasteiger partial charge in [-0.25, -0.2) is 5.48 Å². The first-order valence-corrected chi connectivity index (χ1v) is 11.9. The maximum Gasteiger partial charge on any atom is 0.246 e. The van der Waals surface area contributed by atoms with Crippen molar-refractivity contribution >= 4 is 22.8 Å². The third-order valence-electron chi connectivity index (χ3n) is 6.50. The highest BCUT2D eigenvalue weighted by atomic mass is 16.7. The number of hydrogen-bond acceptors (Lipinski definition) is 6. The molecule has 2 unspecified atom stereocenters. The summed E-state index contributed by atoms with van der Waals surface area (Å²) in [6.07, 6.45) is 6.17. The maximum atomic E-state index is 13.0. The van der Waals surface area contributed by atoms with E-state index in [-0.39, 0.29) is 25.2 Å². The van der Waals surface area contributed by atoms with E-state index in [0.29, 0.717) is 25.4 Å². The molecule has 1 aromatic carbocycles. The summed E-state index contributed by atoms with van der Waals surface area (Å²) >= 11 is 0. The monoisotopic (exact) mass is 460 g/mol. The van der Waals surface area contributed by atoms with Crippen molar-refractivity contribution in [3.05, 3.63) is 36.1 Å². The lowest BCUT2D eigenvalue weighted by atomic mass is 9.82. The van der Waals surface area contributed by atoms with Crippen molar-refractivity contribution in [1.29, 1.82) is 0 Å². The first kappa shape index (κ1) is 25.2. The zero-order valence-electron chi connectivity index (χ0n) is 19.5. The van der Waals surface area contributed by atoms with E-state index in [2.05, 4.69) is 12.2 Å². The number of carbonyl (C=O) groups is 2. The van der Waals surface area contributed by atoms with Crippen molar-refractivity contribution in [3.8, 4) is 0 Å². The molecule has 2 amide bonds. The Labute approximate surface area is 195 Å². The summed E-state index contributed by atoms with van der Waals surface area (Å²) < 4.78 is 16.5. The minimum Gasteiger partial charge on any atom is -0.464 e. The second-order valence-electron chi connectivity index (χ2n) is 9.01. The van der Waals surface area contributed by atoms with Crippen LogP contribution < -0.4 is 10.8 Å². The molecular formula is C25H36N2O6. The van der Waals surface area contributed by atoms with Crippen molar-refractivity contribution in [2.24, 2.45) is 17.8 Å². The van der Waals surface area contributed by atoms with Gasteiger partial charge in [0.2, 0.25) is 11.8 Å². The number of ether oxygens (including phenoxy) is 2. The van der Waals surface area contributed by atoms with Crippen LogP contribution in [-0.4, -0.2) is 43.1 Å². The second kappa shape index (κ2) is 12.7. The number of nitrogens with one attached hydrogen (secondary N) is 2. The Bertz CT molecular complexity index is 890. The molecule has 8 heteroatoms. The van der Waals surface area contributed by atoms with Gasteiger partial charge in [0, 0.05) is 23.8 Å². The van der Waals surface area contributed by atoms with Crippen LogP contribution in [0.5, 0.6) is 0 Å². The predicted molar refractivity (Wildman–Crippen MR) is 123 cm³/mol. The van der Waals surface area contributed by atoms with E-state index in [1.54, 1.807) is 11.7 Å². The van der Waals surface area contributed by atoms with Crippen LogP contribution in [0.25, 0.3) is 11.0 Å². The number of fused-ring (bicyclic) bond motifs is 1. The smallest absolute Gasteiger partial charge is 0.246 e. The molecule has 1 saturated carbocycles. The Morgan fingerprint density at radius 1 is 1.18 bits per heavy atom. The van der Waals surface area contributed by atoms with E-state index in [0.717, 1.165) is 42.2 Å². The van der Waals surface area contributed by atoms with Crippen LogP contribution in [0.4, 0.5) is 0 Å². The van der Waals surface area contributed by atoms with Crippen LogP contribution in [0.15, 0.2) is 34.9 Å². The SMILES string of the molecule is CCOCOCC(CC(Cc1coc2ccccc12)C(=O)NO)NC(=O)C1CCC(C)CC1. The molecule has 0 spiro atoms. The van der Waals surface area contributed by atoms with Crippen LogP contribution in [0, 0.1) is 17.8 Å². The van der Waals surface area contributed by atoms with Crippen molar-refractivity contribution in [3.63, 3.8) is 0 Å². The molecule has 1 aromatic heterocycles. The summed E-state index contributed by atoms with van der Waals surface area (Å²) in [5.41, 5.74) is 3.40. The number of hydrogen-bond donors (Lipinski definition) is 3. The van der Waals surface area contributed by atoms with E-state index in [9.17, 15) is 14.8 Å². The van der Waals surface area contributed by atoms with Crippen molar-refractivity contribution in [1.82, 2.24) is 10.8 Å². The second-order valence-corrected chi connectivity index (χ2v) is 9.01. The number of amides is 2. The van der Waals surface area contributed by atoms with Gasteiger partial charge in [0.25, 0.3) is 0 Å². The average molecular weight is 461 g/mol. The number of benzene rings is 1. The fraction of sp³-hybridized carbons (Fsp3) is 0.600. The van der Waals surface area contributed by atoms with Crippen LogP contribution in [0.2, 0.25) is 0 Å². The van der Waals surface area contributed by atoms with E-state index in [1.807, 2.05) is 31.2 Å². The van der Waals surface area contributed by atoms with Gasteiger partial charge in [-0.3, -0.25) is 14.8 Å². The Balaban J connectivity index is 1.70. The Hall–Kier alpha value is -2.42. The molecule has 2 atom stereocenters. The number of carbonyl (C=O) groups excluding carboxylic acids is 2. The molecule has 33 heavy (non-hydrogen) atoms. The lowest BCUT2D eigenvalue weighted by Gasteiger charge is -2.29. The molecule has 0 radical (unpaired) electrons. The van der Waals surface area contributed by atoms with E-state index in [1.165, 1.54) is 0 Å². The Morgan fingerprint density at radius 3 is 2.67 bits per heavy atom. The zero-order valence-corrected chi connectivity index (χ0v) is 19.5. The van der Waals surface area contributed by atoms with Crippen molar-refractivity contribution in [2.75, 3.05) is 20.0 Å². The molecule has 0 saturated heterocycles. The molecule has 1 aliphatic carbocycles. The van der Waals surface area contributed by atoms with Crippen LogP contribution >= 0.6 is 0 Å². The number of rotatable bonds is 12. The molecular weight excluding hydrogens is 424 g/mol. The van der Waals surface area contributed by atoms with Gasteiger partial charge in [-0.1, -0.05) is 25.1 Å². The number of furan rings is 1. The van der Waals surface area contributed by atoms with E-state index >= 15 is 0 Å². The average Bonchev–Trinajstić information content (AvgIpc) is 3.24. The molecule has 0 aliphatic heterocycles. The third kappa shape index (κ3) is 7.28. The molecule has 1 fully saturated rings. The van der Waals surface area contributed by atoms with Gasteiger partial charge in [-0.05, 0) is 63.0 Å². The topological polar surface area (TPSA) is 110 Å². The van der Waals surface area contributed by atoms with Gasteiger partial charge in [0.1, 0.15) is 12.4 Å².